The van der Waals surface area contributed by atoms with Gasteiger partial charge in [0.25, 0.3) is 0 Å². The zero-order valence-electron chi connectivity index (χ0n) is 8.19. The Labute approximate surface area is 87.5 Å². The topological polar surface area (TPSA) is 72.2 Å². The van der Waals surface area contributed by atoms with E-state index < -0.39 is 11.8 Å². The highest BCUT2D eigenvalue weighted by Gasteiger charge is 2.23. The van der Waals surface area contributed by atoms with Crippen LogP contribution in [0.1, 0.15) is 11.1 Å². The summed E-state index contributed by atoms with van der Waals surface area (Å²) in [4.78, 5) is 21.6. The maximum atomic E-state index is 11.1. The molecular weight excluding hydrogens is 192 g/mol. The zero-order chi connectivity index (χ0) is 10.8. The van der Waals surface area contributed by atoms with Crippen molar-refractivity contribution in [2.24, 2.45) is 5.73 Å². The second-order valence-electron chi connectivity index (χ2n) is 3.71. The molecule has 0 spiro atoms. The molecule has 0 aromatic heterocycles. The van der Waals surface area contributed by atoms with Crippen molar-refractivity contribution < 1.29 is 9.59 Å². The number of amides is 2. The summed E-state index contributed by atoms with van der Waals surface area (Å²) in [5.41, 5.74) is 7.33. The number of primary amides is 1. The molecule has 1 aliphatic carbocycles. The number of benzene rings is 1. The van der Waals surface area contributed by atoms with E-state index >= 15 is 0 Å². The maximum absolute atomic E-state index is 11.1. The number of hydrogen-bond acceptors (Lipinski definition) is 2. The highest BCUT2D eigenvalue weighted by atomic mass is 16.2. The zero-order valence-corrected chi connectivity index (χ0v) is 8.19. The SMILES string of the molecule is NC(=O)C(=O)NC1Cc2ccccc2C1. The first-order valence-electron chi connectivity index (χ1n) is 4.84. The molecule has 0 fully saturated rings. The molecule has 0 aliphatic heterocycles. The molecule has 0 heterocycles. The van der Waals surface area contributed by atoms with E-state index in [0.717, 1.165) is 12.8 Å². The molecule has 15 heavy (non-hydrogen) atoms. The van der Waals surface area contributed by atoms with E-state index in [-0.39, 0.29) is 6.04 Å². The molecule has 78 valence electrons. The summed E-state index contributed by atoms with van der Waals surface area (Å²) in [7, 11) is 0. The Morgan fingerprint density at radius 2 is 1.73 bits per heavy atom. The lowest BCUT2D eigenvalue weighted by Crippen LogP contribution is -2.42. The summed E-state index contributed by atoms with van der Waals surface area (Å²) >= 11 is 0. The van der Waals surface area contributed by atoms with Gasteiger partial charge in [0.15, 0.2) is 0 Å². The number of hydrogen-bond donors (Lipinski definition) is 2. The van der Waals surface area contributed by atoms with Gasteiger partial charge in [-0.05, 0) is 24.0 Å². The summed E-state index contributed by atoms with van der Waals surface area (Å²) < 4.78 is 0. The fourth-order valence-electron chi connectivity index (χ4n) is 1.92. The molecule has 1 aromatic rings. The fourth-order valence-corrected chi connectivity index (χ4v) is 1.92. The van der Waals surface area contributed by atoms with E-state index in [1.165, 1.54) is 11.1 Å². The molecule has 4 heteroatoms. The van der Waals surface area contributed by atoms with Gasteiger partial charge in [-0.1, -0.05) is 24.3 Å². The van der Waals surface area contributed by atoms with E-state index in [1.807, 2.05) is 24.3 Å². The van der Waals surface area contributed by atoms with E-state index in [0.29, 0.717) is 0 Å². The van der Waals surface area contributed by atoms with Crippen LogP contribution in [0.2, 0.25) is 0 Å². The third kappa shape index (κ3) is 1.98. The Bertz CT molecular complexity index is 390. The smallest absolute Gasteiger partial charge is 0.309 e. The van der Waals surface area contributed by atoms with Crippen molar-refractivity contribution in [3.63, 3.8) is 0 Å². The number of nitrogens with one attached hydrogen (secondary N) is 1. The van der Waals surface area contributed by atoms with Crippen LogP contribution >= 0.6 is 0 Å². The van der Waals surface area contributed by atoms with Crippen molar-refractivity contribution in [2.75, 3.05) is 0 Å². The predicted octanol–water partition coefficient (Wildman–Crippen LogP) is -0.245. The molecule has 0 atom stereocenters. The molecule has 1 aromatic carbocycles. The largest absolute Gasteiger partial charge is 0.361 e. The van der Waals surface area contributed by atoms with Crippen LogP contribution in [0.4, 0.5) is 0 Å². The average molecular weight is 204 g/mol. The Balaban J connectivity index is 2.02. The fraction of sp³-hybridized carbons (Fsp3) is 0.273. The van der Waals surface area contributed by atoms with Crippen molar-refractivity contribution in [1.29, 1.82) is 0 Å². The molecule has 1 aliphatic rings. The Kier molecular flexibility index (Phi) is 2.41. The molecule has 0 radical (unpaired) electrons. The third-order valence-corrected chi connectivity index (χ3v) is 2.61. The van der Waals surface area contributed by atoms with Gasteiger partial charge in [-0.2, -0.15) is 0 Å². The highest BCUT2D eigenvalue weighted by Crippen LogP contribution is 2.21. The van der Waals surface area contributed by atoms with Gasteiger partial charge < -0.3 is 11.1 Å². The number of carbonyl (C=O) groups excluding carboxylic acids is 2. The van der Waals surface area contributed by atoms with Gasteiger partial charge in [-0.15, -0.1) is 0 Å². The van der Waals surface area contributed by atoms with Crippen LogP contribution in [0.15, 0.2) is 24.3 Å². The van der Waals surface area contributed by atoms with E-state index in [2.05, 4.69) is 5.32 Å². The van der Waals surface area contributed by atoms with Crippen molar-refractivity contribution in [3.8, 4) is 0 Å². The Morgan fingerprint density at radius 1 is 1.20 bits per heavy atom. The first-order chi connectivity index (χ1) is 7.16. The average Bonchev–Trinajstić information content (AvgIpc) is 2.59. The van der Waals surface area contributed by atoms with Crippen LogP contribution in [0.25, 0.3) is 0 Å². The number of fused-ring (bicyclic) bond motifs is 1. The summed E-state index contributed by atoms with van der Waals surface area (Å²) in [5.74, 6) is -1.63. The van der Waals surface area contributed by atoms with Gasteiger partial charge in [0.1, 0.15) is 0 Å². The molecule has 0 saturated carbocycles. The van der Waals surface area contributed by atoms with Gasteiger partial charge in [0.05, 0.1) is 0 Å². The molecule has 0 saturated heterocycles. The monoisotopic (exact) mass is 204 g/mol. The van der Waals surface area contributed by atoms with Gasteiger partial charge in [-0.3, -0.25) is 9.59 Å². The molecule has 0 unspecified atom stereocenters. The lowest BCUT2D eigenvalue weighted by atomic mass is 10.1. The lowest BCUT2D eigenvalue weighted by Gasteiger charge is -2.09. The predicted molar refractivity (Wildman–Crippen MR) is 55.0 cm³/mol. The van der Waals surface area contributed by atoms with Gasteiger partial charge in [0, 0.05) is 6.04 Å². The van der Waals surface area contributed by atoms with E-state index in [9.17, 15) is 9.59 Å². The summed E-state index contributed by atoms with van der Waals surface area (Å²) in [6, 6.07) is 8.01. The van der Waals surface area contributed by atoms with Crippen molar-refractivity contribution >= 4 is 11.8 Å². The third-order valence-electron chi connectivity index (χ3n) is 2.61. The second kappa shape index (κ2) is 3.73. The van der Waals surface area contributed by atoms with Crippen LogP contribution < -0.4 is 11.1 Å². The summed E-state index contributed by atoms with van der Waals surface area (Å²) in [6.07, 6.45) is 1.55. The molecule has 4 nitrogen and oxygen atoms in total. The standard InChI is InChI=1S/C11H12N2O2/c12-10(14)11(15)13-9-5-7-3-1-2-4-8(7)6-9/h1-4,9H,5-6H2,(H2,12,14)(H,13,15). The number of nitrogens with two attached hydrogens (primary N) is 1. The van der Waals surface area contributed by atoms with Crippen molar-refractivity contribution in [3.05, 3.63) is 35.4 Å². The minimum atomic E-state index is -0.925. The summed E-state index contributed by atoms with van der Waals surface area (Å²) in [5, 5.41) is 2.61. The van der Waals surface area contributed by atoms with E-state index in [1.54, 1.807) is 0 Å². The first kappa shape index (κ1) is 9.71. The van der Waals surface area contributed by atoms with Gasteiger partial charge >= 0.3 is 11.8 Å². The van der Waals surface area contributed by atoms with Gasteiger partial charge in [0.2, 0.25) is 0 Å². The summed E-state index contributed by atoms with van der Waals surface area (Å²) in [6.45, 7) is 0. The lowest BCUT2D eigenvalue weighted by molar-refractivity contribution is -0.137. The highest BCUT2D eigenvalue weighted by molar-refractivity contribution is 6.34. The minimum Gasteiger partial charge on any atom is -0.361 e. The Hall–Kier alpha value is -1.84. The van der Waals surface area contributed by atoms with Crippen LogP contribution in [0.5, 0.6) is 0 Å². The first-order valence-corrected chi connectivity index (χ1v) is 4.84. The number of carbonyl (C=O) groups is 2. The van der Waals surface area contributed by atoms with Crippen LogP contribution in [-0.2, 0) is 22.4 Å². The number of rotatable bonds is 1. The molecule has 0 bridgehead atoms. The normalized spacial score (nSPS) is 14.7. The second-order valence-corrected chi connectivity index (χ2v) is 3.71. The van der Waals surface area contributed by atoms with Crippen molar-refractivity contribution in [2.45, 2.75) is 18.9 Å². The van der Waals surface area contributed by atoms with Gasteiger partial charge in [-0.25, -0.2) is 0 Å². The Morgan fingerprint density at radius 3 is 2.20 bits per heavy atom. The quantitative estimate of drug-likeness (QED) is 0.619. The van der Waals surface area contributed by atoms with Crippen LogP contribution in [0, 0.1) is 0 Å². The molecule has 3 N–H and O–H groups in total. The molecule has 2 rings (SSSR count). The van der Waals surface area contributed by atoms with Crippen LogP contribution in [-0.4, -0.2) is 17.9 Å². The minimum absolute atomic E-state index is 0.00222. The van der Waals surface area contributed by atoms with Crippen LogP contribution in [0.3, 0.4) is 0 Å². The maximum Gasteiger partial charge on any atom is 0.309 e. The van der Waals surface area contributed by atoms with E-state index in [4.69, 9.17) is 5.73 Å². The van der Waals surface area contributed by atoms with Crippen molar-refractivity contribution in [1.82, 2.24) is 5.32 Å². The molecular formula is C11H12N2O2. The molecule has 2 amide bonds.